The van der Waals surface area contributed by atoms with E-state index in [1.165, 1.54) is 15.7 Å². The quantitative estimate of drug-likeness (QED) is 0.114. The van der Waals surface area contributed by atoms with E-state index in [9.17, 15) is 11.0 Å². The highest BCUT2D eigenvalue weighted by Crippen LogP contribution is 2.52. The molecule has 0 unspecified atom stereocenters. The SMILES string of the molecule is [2H]c1c([2H])c([2H])c(N(c2ccc(-n3c4c([2H])c([2H])c([2H])c([2H])c4c4c([2H])c([2H])c([2H])c([2H])c43)cc2)c2ccc3c(c2)N(c2cc(-c4ccccc4)cc(-c4ccccc4)c2)c2cc(-c4cccc(C(C)(C)C)c4)cc4c2B3c2ccc(-n3c5ccc(C(C)(C)C)cc5c5cc(C(C)(C)C)ccc53)cc2N4c2cc(-c3ccccc3)cc(-c3ccccc3)c2)c([2H])c1[2H]. The second-order valence-corrected chi connectivity index (χ2v) is 33.3. The predicted molar refractivity (Wildman–Crippen MR) is 487 cm³/mol. The number of anilines is 9. The number of nitrogens with zero attached hydrogens (tertiary/aromatic N) is 5. The van der Waals surface area contributed by atoms with E-state index in [1.54, 1.807) is 29.2 Å². The van der Waals surface area contributed by atoms with Gasteiger partial charge < -0.3 is 23.8 Å². The molecule has 16 aromatic carbocycles. The van der Waals surface area contributed by atoms with Gasteiger partial charge in [-0.15, -0.1) is 0 Å². The molecule has 2 aromatic heterocycles. The molecule has 4 heterocycles. The van der Waals surface area contributed by atoms with Crippen LogP contribution in [0.4, 0.5) is 51.2 Å². The average molecular weight is 1480 g/mol. The fourth-order valence-corrected chi connectivity index (χ4v) is 17.2. The van der Waals surface area contributed by atoms with E-state index in [-0.39, 0.29) is 49.4 Å². The standard InChI is InChI=1S/C108H88BN5/c1-106(2,3)81-39-29-38-75(60-81)80-65-103-105-104(66-80)114(90-63-78(73-34-19-12-20-35-73)59-79(64-90)74-36-21-13-22-37-74)102-70-88(112-99-56-46-82(107(4,5)6)67-93(99)94-68-83(108(7,8)9)47-57-100(94)112)53-55-96(102)109(105)95-54-52-87(69-101(95)113(103)89-61-76(71-30-15-10-16-31-71)58-77(62-89)72-32-17-11-18-33-72)110(84-40-23-14-24-41-84)85-48-50-86(51-49-85)111-97-44-27-25-42-91(97)92-43-26-28-45-98(92)111/h10-70H,1-9H3/i14D,23D,24D,25D,26D,27D,28D,40D,41D,42D,43D,44D,45D. The molecule has 114 heavy (non-hydrogen) atoms. The molecule has 0 N–H and O–H groups in total. The van der Waals surface area contributed by atoms with Crippen LogP contribution in [0.25, 0.3) is 111 Å². The molecule has 0 saturated heterocycles. The predicted octanol–water partition coefficient (Wildman–Crippen LogP) is 27.7. The highest BCUT2D eigenvalue weighted by atomic mass is 15.2. The number of hydrogen-bond acceptors (Lipinski definition) is 3. The molecule has 0 fully saturated rings. The van der Waals surface area contributed by atoms with Gasteiger partial charge in [0.05, 0.1) is 39.9 Å². The van der Waals surface area contributed by atoms with Crippen LogP contribution in [0.1, 0.15) is 96.8 Å². The third-order valence-corrected chi connectivity index (χ3v) is 23.0. The van der Waals surface area contributed by atoms with Gasteiger partial charge in [0.15, 0.2) is 0 Å². The zero-order valence-electron chi connectivity index (χ0n) is 78.0. The van der Waals surface area contributed by atoms with Crippen molar-refractivity contribution in [2.24, 2.45) is 0 Å². The molecule has 0 bridgehead atoms. The Hall–Kier alpha value is -13.4. The summed E-state index contributed by atoms with van der Waals surface area (Å²) in [5.41, 5.74) is 24.7. The molecule has 0 spiro atoms. The minimum absolute atomic E-state index is 0.0735. The molecule has 0 saturated carbocycles. The van der Waals surface area contributed by atoms with Crippen molar-refractivity contribution in [1.82, 2.24) is 9.13 Å². The second kappa shape index (κ2) is 27.2. The first-order valence-corrected chi connectivity index (χ1v) is 39.1. The molecule has 2 aliphatic heterocycles. The van der Waals surface area contributed by atoms with E-state index in [1.807, 2.05) is 18.2 Å². The van der Waals surface area contributed by atoms with Crippen LogP contribution in [0.3, 0.4) is 0 Å². The lowest BCUT2D eigenvalue weighted by Crippen LogP contribution is -2.61. The number of para-hydroxylation sites is 3. The number of aromatic nitrogens is 2. The van der Waals surface area contributed by atoms with Crippen LogP contribution in [-0.4, -0.2) is 15.8 Å². The van der Waals surface area contributed by atoms with Gasteiger partial charge in [0.25, 0.3) is 6.71 Å². The highest BCUT2D eigenvalue weighted by molar-refractivity contribution is 7.00. The maximum Gasteiger partial charge on any atom is 0.252 e. The summed E-state index contributed by atoms with van der Waals surface area (Å²) in [5.74, 6) is 0. The van der Waals surface area contributed by atoms with Gasteiger partial charge in [-0.25, -0.2) is 0 Å². The van der Waals surface area contributed by atoms with Gasteiger partial charge in [0, 0.05) is 84.1 Å². The number of fused-ring (bicyclic) bond motifs is 10. The summed E-state index contributed by atoms with van der Waals surface area (Å²) in [4.78, 5) is 6.54. The van der Waals surface area contributed by atoms with Crippen molar-refractivity contribution in [2.75, 3.05) is 14.7 Å². The Balaban J connectivity index is 0.919. The maximum absolute atomic E-state index is 10.0. The van der Waals surface area contributed by atoms with Crippen molar-refractivity contribution < 1.29 is 17.8 Å². The van der Waals surface area contributed by atoms with E-state index >= 15 is 0 Å². The van der Waals surface area contributed by atoms with Crippen molar-refractivity contribution in [3.63, 3.8) is 0 Å². The Morgan fingerprint density at radius 1 is 0.254 bits per heavy atom. The van der Waals surface area contributed by atoms with Gasteiger partial charge >= 0.3 is 0 Å². The van der Waals surface area contributed by atoms with E-state index in [0.717, 1.165) is 134 Å². The molecule has 20 rings (SSSR count). The average Bonchev–Trinajstić information content (AvgIpc) is 1.37. The first kappa shape index (κ1) is 56.7. The Labute approximate surface area is 687 Å². The maximum atomic E-state index is 10.0. The second-order valence-electron chi connectivity index (χ2n) is 33.3. The molecular weight excluding hydrogens is 1380 g/mol. The Morgan fingerprint density at radius 3 is 1.12 bits per heavy atom. The fraction of sp³-hybridized carbons (Fsp3) is 0.111. The van der Waals surface area contributed by atoms with Gasteiger partial charge in [-0.2, -0.15) is 0 Å². The van der Waals surface area contributed by atoms with Crippen molar-refractivity contribution in [1.29, 1.82) is 0 Å². The zero-order valence-corrected chi connectivity index (χ0v) is 65.0. The van der Waals surface area contributed by atoms with Crippen molar-refractivity contribution in [3.05, 3.63) is 386 Å². The normalized spacial score (nSPS) is 14.3. The van der Waals surface area contributed by atoms with Gasteiger partial charge in [-0.3, -0.25) is 0 Å². The molecule has 0 radical (unpaired) electrons. The lowest BCUT2D eigenvalue weighted by atomic mass is 9.33. The number of hydrogen-bond donors (Lipinski definition) is 0. The van der Waals surface area contributed by atoms with Gasteiger partial charge in [0.1, 0.15) is 0 Å². The molecule has 0 aliphatic carbocycles. The molecule has 18 aromatic rings. The van der Waals surface area contributed by atoms with Crippen molar-refractivity contribution in [3.8, 4) is 67.0 Å². The summed E-state index contributed by atoms with van der Waals surface area (Å²) in [7, 11) is 0. The Morgan fingerprint density at radius 2 is 0.649 bits per heavy atom. The van der Waals surface area contributed by atoms with Gasteiger partial charge in [0.2, 0.25) is 0 Å². The lowest BCUT2D eigenvalue weighted by Gasteiger charge is -2.45. The minimum atomic E-state index is -0.589. The molecule has 6 heteroatoms. The monoisotopic (exact) mass is 1480 g/mol. The topological polar surface area (TPSA) is 19.6 Å². The minimum Gasteiger partial charge on any atom is -0.311 e. The van der Waals surface area contributed by atoms with E-state index in [4.69, 9.17) is 6.85 Å². The highest BCUT2D eigenvalue weighted by Gasteiger charge is 2.45. The van der Waals surface area contributed by atoms with Crippen LogP contribution in [0.5, 0.6) is 0 Å². The van der Waals surface area contributed by atoms with E-state index in [2.05, 4.69) is 325 Å². The molecule has 0 amide bonds. The first-order chi connectivity index (χ1) is 60.8. The zero-order chi connectivity index (χ0) is 88.6. The largest absolute Gasteiger partial charge is 0.311 e. The summed E-state index contributed by atoms with van der Waals surface area (Å²) in [6, 6.07) is 96.1. The third-order valence-electron chi connectivity index (χ3n) is 23.0. The Kier molecular flexibility index (Phi) is 13.5. The van der Waals surface area contributed by atoms with Crippen molar-refractivity contribution in [2.45, 2.75) is 78.6 Å². The van der Waals surface area contributed by atoms with Crippen LogP contribution >= 0.6 is 0 Å². The number of rotatable bonds is 12. The first-order valence-electron chi connectivity index (χ1n) is 45.6. The molecule has 2 aliphatic rings. The molecule has 5 nitrogen and oxygen atoms in total. The van der Waals surface area contributed by atoms with E-state index in [0.29, 0.717) is 17.1 Å². The summed E-state index contributed by atoms with van der Waals surface area (Å²) in [6.07, 6.45) is 0. The molecule has 0 atom stereocenters. The number of benzene rings is 16. The lowest BCUT2D eigenvalue weighted by molar-refractivity contribution is 0.590. The Bertz CT molecular complexity index is 7330. The summed E-state index contributed by atoms with van der Waals surface area (Å²) in [6.45, 7) is 19.8. The van der Waals surface area contributed by atoms with E-state index < -0.39 is 85.3 Å². The van der Waals surface area contributed by atoms with Crippen LogP contribution < -0.4 is 31.1 Å². The van der Waals surface area contributed by atoms with Crippen LogP contribution in [0, 0.1) is 0 Å². The fourth-order valence-electron chi connectivity index (χ4n) is 17.2. The van der Waals surface area contributed by atoms with Crippen LogP contribution in [-0.2, 0) is 16.2 Å². The van der Waals surface area contributed by atoms with Crippen molar-refractivity contribution >= 4 is 118 Å². The summed E-state index contributed by atoms with van der Waals surface area (Å²) < 4.78 is 125. The van der Waals surface area contributed by atoms with Gasteiger partial charge in [-0.1, -0.05) is 287 Å². The van der Waals surface area contributed by atoms with Gasteiger partial charge in [-0.05, 0) is 250 Å². The van der Waals surface area contributed by atoms with Crippen LogP contribution in [0.2, 0.25) is 0 Å². The molecule has 548 valence electrons. The summed E-state index contributed by atoms with van der Waals surface area (Å²) >= 11 is 0. The van der Waals surface area contributed by atoms with Crippen LogP contribution in [0.15, 0.2) is 370 Å². The third kappa shape index (κ3) is 12.1. The molecular formula is C108H88BN5. The summed E-state index contributed by atoms with van der Waals surface area (Å²) in [5, 5.41) is 2.13. The smallest absolute Gasteiger partial charge is 0.252 e.